The number of carboxylic acid groups (broad SMARTS) is 1. The number of carbonyl (C=O) groups excluding carboxylic acids is 5. The van der Waals surface area contributed by atoms with Gasteiger partial charge in [0.1, 0.15) is 12.1 Å². The highest BCUT2D eigenvalue weighted by atomic mass is 16.5. The third-order valence-corrected chi connectivity index (χ3v) is 6.72. The molecular weight excluding hydrogens is 520 g/mol. The van der Waals surface area contributed by atoms with E-state index in [1.807, 2.05) is 34.6 Å². The standard InChI is InChI=1S/C28H46N4O8/c1-7-10-20(24(35)26(37)29-14-8-2)30-25(36)23-19(18(5)6)13-15-32(23)27(38)21(11-9-12-22(33)34)31-28(39)40-16-17(3)4/h8,17-21,23H,2,7,9-16H2,1,3-6H3,(H,29,37)(H,30,36)(H,31,39)(H,33,34)/t19-,20?,21?,23+/m1/s1. The van der Waals surface area contributed by atoms with Crippen LogP contribution in [0.4, 0.5) is 4.79 Å². The highest BCUT2D eigenvalue weighted by Gasteiger charge is 2.45. The fourth-order valence-electron chi connectivity index (χ4n) is 4.66. The fourth-order valence-corrected chi connectivity index (χ4v) is 4.66. The number of amides is 4. The number of rotatable bonds is 17. The molecule has 1 fully saturated rings. The van der Waals surface area contributed by atoms with Gasteiger partial charge in [0.15, 0.2) is 0 Å². The van der Waals surface area contributed by atoms with Gasteiger partial charge >= 0.3 is 12.1 Å². The van der Waals surface area contributed by atoms with Crippen molar-refractivity contribution in [1.82, 2.24) is 20.9 Å². The first-order valence-electron chi connectivity index (χ1n) is 14.0. The van der Waals surface area contributed by atoms with E-state index in [0.29, 0.717) is 12.8 Å². The summed E-state index contributed by atoms with van der Waals surface area (Å²) < 4.78 is 5.17. The number of hydrogen-bond donors (Lipinski definition) is 4. The molecule has 0 bridgehead atoms. The number of Topliss-reactive ketones (excluding diaryl/α,β-unsaturated/α-hetero) is 1. The van der Waals surface area contributed by atoms with E-state index in [2.05, 4.69) is 22.5 Å². The Morgan fingerprint density at radius 1 is 1.05 bits per heavy atom. The SMILES string of the molecule is C=CCNC(=O)C(=O)C(CCC)NC(=O)[C@@H]1[C@@H](C(C)C)CCN1C(=O)C(CCCC(=O)O)NC(=O)OCC(C)C. The Bertz CT molecular complexity index is 920. The lowest BCUT2D eigenvalue weighted by Gasteiger charge is -2.32. The first-order valence-corrected chi connectivity index (χ1v) is 14.0. The van der Waals surface area contributed by atoms with E-state index in [4.69, 9.17) is 9.84 Å². The van der Waals surface area contributed by atoms with Gasteiger partial charge in [-0.1, -0.05) is 47.1 Å². The predicted molar refractivity (Wildman–Crippen MR) is 148 cm³/mol. The molecule has 12 heteroatoms. The van der Waals surface area contributed by atoms with Crippen molar-refractivity contribution >= 4 is 35.6 Å². The van der Waals surface area contributed by atoms with Crippen molar-refractivity contribution in [2.24, 2.45) is 17.8 Å². The number of carbonyl (C=O) groups is 6. The van der Waals surface area contributed by atoms with Gasteiger partial charge in [-0.05, 0) is 43.4 Å². The summed E-state index contributed by atoms with van der Waals surface area (Å²) in [4.78, 5) is 77.3. The third-order valence-electron chi connectivity index (χ3n) is 6.72. The molecule has 1 heterocycles. The normalized spacial score (nSPS) is 18.1. The Kier molecular flexibility index (Phi) is 15.0. The number of alkyl carbamates (subject to hydrolysis) is 1. The Morgan fingerprint density at radius 3 is 2.27 bits per heavy atom. The van der Waals surface area contributed by atoms with Crippen LogP contribution in [-0.4, -0.2) is 83.4 Å². The molecule has 0 aliphatic carbocycles. The molecule has 1 aliphatic heterocycles. The second kappa shape index (κ2) is 17.3. The summed E-state index contributed by atoms with van der Waals surface area (Å²) in [5.41, 5.74) is 0. The molecule has 0 saturated carbocycles. The zero-order valence-electron chi connectivity index (χ0n) is 24.4. The van der Waals surface area contributed by atoms with Crippen molar-refractivity contribution < 1.29 is 38.6 Å². The number of nitrogens with zero attached hydrogens (tertiary/aromatic N) is 1. The van der Waals surface area contributed by atoms with Gasteiger partial charge in [-0.25, -0.2) is 4.79 Å². The van der Waals surface area contributed by atoms with Gasteiger partial charge in [0.25, 0.3) is 5.91 Å². The number of ether oxygens (including phenoxy) is 1. The minimum Gasteiger partial charge on any atom is -0.481 e. The van der Waals surface area contributed by atoms with E-state index >= 15 is 0 Å². The molecule has 40 heavy (non-hydrogen) atoms. The fraction of sp³-hybridized carbons (Fsp3) is 0.714. The molecular formula is C28H46N4O8. The lowest BCUT2D eigenvalue weighted by Crippen LogP contribution is -2.58. The number of aliphatic carboxylic acids is 1. The van der Waals surface area contributed by atoms with E-state index in [9.17, 15) is 28.8 Å². The average molecular weight is 567 g/mol. The van der Waals surface area contributed by atoms with E-state index in [1.165, 1.54) is 11.0 Å². The van der Waals surface area contributed by atoms with Gasteiger partial charge in [-0.3, -0.25) is 24.0 Å². The van der Waals surface area contributed by atoms with Crippen LogP contribution in [0.15, 0.2) is 12.7 Å². The molecule has 1 rings (SSSR count). The summed E-state index contributed by atoms with van der Waals surface area (Å²) >= 11 is 0. The Morgan fingerprint density at radius 2 is 1.73 bits per heavy atom. The summed E-state index contributed by atoms with van der Waals surface area (Å²) in [7, 11) is 0. The molecule has 4 amide bonds. The summed E-state index contributed by atoms with van der Waals surface area (Å²) in [6, 6.07) is -3.10. The van der Waals surface area contributed by atoms with Gasteiger partial charge in [0.05, 0.1) is 12.6 Å². The Labute approximate surface area is 236 Å². The number of hydrogen-bond acceptors (Lipinski definition) is 7. The van der Waals surface area contributed by atoms with Crippen LogP contribution in [0, 0.1) is 17.8 Å². The third kappa shape index (κ3) is 11.0. The lowest BCUT2D eigenvalue weighted by molar-refractivity contribution is -0.144. The molecule has 0 aromatic carbocycles. The average Bonchev–Trinajstić information content (AvgIpc) is 3.34. The van der Waals surface area contributed by atoms with Crippen LogP contribution in [0.25, 0.3) is 0 Å². The maximum Gasteiger partial charge on any atom is 0.407 e. The molecule has 1 saturated heterocycles. The van der Waals surface area contributed by atoms with Crippen LogP contribution in [0.3, 0.4) is 0 Å². The number of nitrogens with one attached hydrogen (secondary N) is 3. The largest absolute Gasteiger partial charge is 0.481 e. The molecule has 226 valence electrons. The molecule has 0 aromatic heterocycles. The second-order valence-corrected chi connectivity index (χ2v) is 10.9. The van der Waals surface area contributed by atoms with E-state index in [-0.39, 0.29) is 63.1 Å². The van der Waals surface area contributed by atoms with Gasteiger partial charge in [0.2, 0.25) is 17.6 Å². The van der Waals surface area contributed by atoms with Crippen LogP contribution < -0.4 is 16.0 Å². The molecule has 0 spiro atoms. The lowest BCUT2D eigenvalue weighted by atomic mass is 9.87. The summed E-state index contributed by atoms with van der Waals surface area (Å²) in [6.45, 7) is 13.4. The molecule has 1 aliphatic rings. The highest BCUT2D eigenvalue weighted by Crippen LogP contribution is 2.32. The van der Waals surface area contributed by atoms with Crippen LogP contribution in [0.2, 0.25) is 0 Å². The van der Waals surface area contributed by atoms with Crippen molar-refractivity contribution in [3.8, 4) is 0 Å². The van der Waals surface area contributed by atoms with Crippen molar-refractivity contribution in [2.45, 2.75) is 91.3 Å². The highest BCUT2D eigenvalue weighted by molar-refractivity contribution is 6.38. The van der Waals surface area contributed by atoms with Crippen LogP contribution in [0.1, 0.15) is 73.1 Å². The van der Waals surface area contributed by atoms with Crippen molar-refractivity contribution in [3.63, 3.8) is 0 Å². The molecule has 12 nitrogen and oxygen atoms in total. The molecule has 2 unspecified atom stereocenters. The van der Waals surface area contributed by atoms with E-state index in [0.717, 1.165) is 0 Å². The maximum atomic E-state index is 13.7. The van der Waals surface area contributed by atoms with Crippen molar-refractivity contribution in [1.29, 1.82) is 0 Å². The summed E-state index contributed by atoms with van der Waals surface area (Å²) in [5, 5.41) is 16.7. The second-order valence-electron chi connectivity index (χ2n) is 10.9. The van der Waals surface area contributed by atoms with Gasteiger partial charge in [-0.2, -0.15) is 0 Å². The minimum atomic E-state index is -1.10. The summed E-state index contributed by atoms with van der Waals surface area (Å²) in [5.74, 6) is -3.88. The van der Waals surface area contributed by atoms with Crippen LogP contribution >= 0.6 is 0 Å². The smallest absolute Gasteiger partial charge is 0.407 e. The zero-order valence-corrected chi connectivity index (χ0v) is 24.4. The van der Waals surface area contributed by atoms with Crippen LogP contribution in [-0.2, 0) is 28.7 Å². The number of likely N-dealkylation sites (tertiary alicyclic amines) is 1. The first kappa shape index (κ1) is 34.6. The topological polar surface area (TPSA) is 171 Å². The van der Waals surface area contributed by atoms with Crippen LogP contribution in [0.5, 0.6) is 0 Å². The monoisotopic (exact) mass is 566 g/mol. The predicted octanol–water partition coefficient (Wildman–Crippen LogP) is 2.02. The van der Waals surface area contributed by atoms with Gasteiger partial charge in [0, 0.05) is 19.5 Å². The van der Waals surface area contributed by atoms with E-state index in [1.54, 1.807) is 0 Å². The summed E-state index contributed by atoms with van der Waals surface area (Å²) in [6.07, 6.45) is 1.89. The molecule has 0 aromatic rings. The Balaban J connectivity index is 3.20. The first-order chi connectivity index (χ1) is 18.8. The number of ketones is 1. The zero-order chi connectivity index (χ0) is 30.4. The van der Waals surface area contributed by atoms with Crippen molar-refractivity contribution in [3.05, 3.63) is 12.7 Å². The minimum absolute atomic E-state index is 0.0131. The maximum absolute atomic E-state index is 13.7. The number of carboxylic acids is 1. The quantitative estimate of drug-likeness (QED) is 0.153. The molecule has 4 atom stereocenters. The van der Waals surface area contributed by atoms with E-state index < -0.39 is 53.7 Å². The van der Waals surface area contributed by atoms with Crippen molar-refractivity contribution in [2.75, 3.05) is 19.7 Å². The Hall–Kier alpha value is -3.44. The van der Waals surface area contributed by atoms with Gasteiger partial charge in [-0.15, -0.1) is 6.58 Å². The molecule has 4 N–H and O–H groups in total. The molecule has 0 radical (unpaired) electrons. The van der Waals surface area contributed by atoms with Gasteiger partial charge < -0.3 is 30.7 Å².